The second kappa shape index (κ2) is 6.09. The highest BCUT2D eigenvalue weighted by Crippen LogP contribution is 2.20. The number of carbonyl (C=O) groups excluding carboxylic acids is 1. The standard InChI is InChI=1S/C13H9ClN4O3S/c1-22(20,21)13-10(3-2-4-16-13)18-12(19)8-5-9(14)11(6-15)17-7-8/h2-5,7H,1H3,(H,18,19). The Bertz CT molecular complexity index is 890. The van der Waals surface area contributed by atoms with Crippen molar-refractivity contribution in [2.24, 2.45) is 0 Å². The summed E-state index contributed by atoms with van der Waals surface area (Å²) < 4.78 is 23.3. The molecule has 22 heavy (non-hydrogen) atoms. The molecule has 2 aromatic heterocycles. The monoisotopic (exact) mass is 336 g/mol. The predicted molar refractivity (Wildman–Crippen MR) is 79.3 cm³/mol. The summed E-state index contributed by atoms with van der Waals surface area (Å²) in [5, 5.41) is 11.0. The highest BCUT2D eigenvalue weighted by Gasteiger charge is 2.17. The fraction of sp³-hybridized carbons (Fsp3) is 0.0769. The van der Waals surface area contributed by atoms with Crippen molar-refractivity contribution in [2.75, 3.05) is 11.6 Å². The smallest absolute Gasteiger partial charge is 0.257 e. The lowest BCUT2D eigenvalue weighted by molar-refractivity contribution is 0.102. The average Bonchev–Trinajstić information content (AvgIpc) is 2.46. The van der Waals surface area contributed by atoms with Crippen LogP contribution in [-0.2, 0) is 9.84 Å². The lowest BCUT2D eigenvalue weighted by Crippen LogP contribution is -2.15. The van der Waals surface area contributed by atoms with E-state index >= 15 is 0 Å². The molecule has 0 bridgehead atoms. The Hall–Kier alpha value is -2.50. The van der Waals surface area contributed by atoms with Gasteiger partial charge in [0.15, 0.2) is 20.6 Å². The van der Waals surface area contributed by atoms with Gasteiger partial charge >= 0.3 is 0 Å². The van der Waals surface area contributed by atoms with E-state index in [0.29, 0.717) is 0 Å². The lowest BCUT2D eigenvalue weighted by atomic mass is 10.2. The third kappa shape index (κ3) is 3.39. The van der Waals surface area contributed by atoms with E-state index in [-0.39, 0.29) is 27.0 Å². The fourth-order valence-corrected chi connectivity index (χ4v) is 2.60. The minimum atomic E-state index is -3.59. The van der Waals surface area contributed by atoms with E-state index in [1.165, 1.54) is 30.6 Å². The van der Waals surface area contributed by atoms with Crippen LogP contribution in [0.5, 0.6) is 0 Å². The topological polar surface area (TPSA) is 113 Å². The van der Waals surface area contributed by atoms with Crippen LogP contribution in [0.2, 0.25) is 5.02 Å². The zero-order chi connectivity index (χ0) is 16.3. The van der Waals surface area contributed by atoms with Gasteiger partial charge in [-0.15, -0.1) is 0 Å². The second-order valence-electron chi connectivity index (χ2n) is 4.25. The van der Waals surface area contributed by atoms with E-state index in [1.54, 1.807) is 6.07 Å². The van der Waals surface area contributed by atoms with Crippen molar-refractivity contribution in [3.8, 4) is 6.07 Å². The van der Waals surface area contributed by atoms with Crippen LogP contribution in [0.25, 0.3) is 0 Å². The minimum absolute atomic E-state index is 0.00332. The molecule has 0 fully saturated rings. The Balaban J connectivity index is 2.35. The van der Waals surface area contributed by atoms with Crippen molar-refractivity contribution < 1.29 is 13.2 Å². The molecule has 0 unspecified atom stereocenters. The number of rotatable bonds is 3. The Kier molecular flexibility index (Phi) is 4.40. The third-order valence-corrected chi connectivity index (χ3v) is 3.90. The quantitative estimate of drug-likeness (QED) is 0.911. The Labute approximate surface area is 131 Å². The molecule has 0 saturated heterocycles. The van der Waals surface area contributed by atoms with Crippen LogP contribution in [0.1, 0.15) is 16.1 Å². The third-order valence-electron chi connectivity index (χ3n) is 2.58. The number of hydrogen-bond acceptors (Lipinski definition) is 6. The molecule has 112 valence electrons. The van der Waals surface area contributed by atoms with E-state index < -0.39 is 15.7 Å². The van der Waals surface area contributed by atoms with Gasteiger partial charge in [0.05, 0.1) is 16.3 Å². The molecule has 0 aromatic carbocycles. The first-order valence-corrected chi connectivity index (χ1v) is 8.12. The number of aromatic nitrogens is 2. The van der Waals surface area contributed by atoms with Crippen LogP contribution in [0, 0.1) is 11.3 Å². The molecule has 2 aromatic rings. The van der Waals surface area contributed by atoms with Crippen LogP contribution in [-0.4, -0.2) is 30.5 Å². The van der Waals surface area contributed by atoms with Gasteiger partial charge in [0.25, 0.3) is 5.91 Å². The maximum atomic E-state index is 12.1. The summed E-state index contributed by atoms with van der Waals surface area (Å²) in [6.07, 6.45) is 3.48. The van der Waals surface area contributed by atoms with Gasteiger partial charge in [-0.3, -0.25) is 4.79 Å². The number of carbonyl (C=O) groups is 1. The summed E-state index contributed by atoms with van der Waals surface area (Å²) in [5.41, 5.74) is 0.138. The minimum Gasteiger partial charge on any atom is -0.319 e. The molecule has 1 amide bonds. The van der Waals surface area contributed by atoms with Crippen molar-refractivity contribution in [2.45, 2.75) is 5.03 Å². The first kappa shape index (κ1) is 15.9. The number of halogens is 1. The summed E-state index contributed by atoms with van der Waals surface area (Å²) in [6.45, 7) is 0. The molecule has 0 aliphatic heterocycles. The number of anilines is 1. The lowest BCUT2D eigenvalue weighted by Gasteiger charge is -2.08. The second-order valence-corrected chi connectivity index (χ2v) is 6.59. The molecule has 0 spiro atoms. The molecule has 7 nitrogen and oxygen atoms in total. The van der Waals surface area contributed by atoms with Gasteiger partial charge in [0.1, 0.15) is 6.07 Å². The molecule has 0 aliphatic carbocycles. The van der Waals surface area contributed by atoms with Crippen molar-refractivity contribution in [1.82, 2.24) is 9.97 Å². The Morgan fingerprint density at radius 3 is 2.73 bits per heavy atom. The maximum Gasteiger partial charge on any atom is 0.257 e. The Morgan fingerprint density at radius 2 is 2.14 bits per heavy atom. The summed E-state index contributed by atoms with van der Waals surface area (Å²) >= 11 is 5.81. The fourth-order valence-electron chi connectivity index (χ4n) is 1.62. The van der Waals surface area contributed by atoms with E-state index in [2.05, 4.69) is 15.3 Å². The van der Waals surface area contributed by atoms with E-state index in [1.807, 2.05) is 0 Å². The van der Waals surface area contributed by atoms with Crippen molar-refractivity contribution in [3.05, 3.63) is 46.9 Å². The molecule has 9 heteroatoms. The average molecular weight is 337 g/mol. The molecule has 0 aliphatic rings. The SMILES string of the molecule is CS(=O)(=O)c1ncccc1NC(=O)c1cnc(C#N)c(Cl)c1. The first-order valence-electron chi connectivity index (χ1n) is 5.85. The number of nitriles is 1. The largest absolute Gasteiger partial charge is 0.319 e. The Morgan fingerprint density at radius 1 is 1.41 bits per heavy atom. The van der Waals surface area contributed by atoms with Gasteiger partial charge in [-0.05, 0) is 18.2 Å². The van der Waals surface area contributed by atoms with Gasteiger partial charge in [-0.2, -0.15) is 5.26 Å². The van der Waals surface area contributed by atoms with Crippen LogP contribution >= 0.6 is 11.6 Å². The summed E-state index contributed by atoms with van der Waals surface area (Å²) in [4.78, 5) is 19.6. The highest BCUT2D eigenvalue weighted by molar-refractivity contribution is 7.90. The summed E-state index contributed by atoms with van der Waals surface area (Å²) in [7, 11) is -3.59. The van der Waals surface area contributed by atoms with E-state index in [4.69, 9.17) is 16.9 Å². The number of pyridine rings is 2. The zero-order valence-corrected chi connectivity index (χ0v) is 12.8. The number of nitrogens with zero attached hydrogens (tertiary/aromatic N) is 3. The van der Waals surface area contributed by atoms with Gasteiger partial charge in [-0.25, -0.2) is 18.4 Å². The van der Waals surface area contributed by atoms with Gasteiger partial charge in [0.2, 0.25) is 0 Å². The normalized spacial score (nSPS) is 10.8. The van der Waals surface area contributed by atoms with Gasteiger partial charge < -0.3 is 5.32 Å². The van der Waals surface area contributed by atoms with Crippen LogP contribution < -0.4 is 5.32 Å². The molecular weight excluding hydrogens is 328 g/mol. The molecule has 2 rings (SSSR count). The van der Waals surface area contributed by atoms with Gasteiger partial charge in [0, 0.05) is 18.6 Å². The maximum absolute atomic E-state index is 12.1. The van der Waals surface area contributed by atoms with Crippen LogP contribution in [0.3, 0.4) is 0 Å². The number of amides is 1. The zero-order valence-electron chi connectivity index (χ0n) is 11.2. The summed E-state index contributed by atoms with van der Waals surface area (Å²) in [5.74, 6) is -0.614. The molecular formula is C13H9ClN4O3S. The number of hydrogen-bond donors (Lipinski definition) is 1. The molecule has 0 atom stereocenters. The van der Waals surface area contributed by atoms with Crippen LogP contribution in [0.4, 0.5) is 5.69 Å². The van der Waals surface area contributed by atoms with Crippen molar-refractivity contribution >= 4 is 33.0 Å². The van der Waals surface area contributed by atoms with E-state index in [9.17, 15) is 13.2 Å². The molecule has 0 saturated carbocycles. The molecule has 0 radical (unpaired) electrons. The van der Waals surface area contributed by atoms with Gasteiger partial charge in [-0.1, -0.05) is 11.6 Å². The van der Waals surface area contributed by atoms with Crippen molar-refractivity contribution in [3.63, 3.8) is 0 Å². The number of sulfone groups is 1. The summed E-state index contributed by atoms with van der Waals surface area (Å²) in [6, 6.07) is 5.96. The number of nitrogens with one attached hydrogen (secondary N) is 1. The van der Waals surface area contributed by atoms with Crippen molar-refractivity contribution in [1.29, 1.82) is 5.26 Å². The molecule has 1 N–H and O–H groups in total. The van der Waals surface area contributed by atoms with E-state index in [0.717, 1.165) is 6.26 Å². The highest BCUT2D eigenvalue weighted by atomic mass is 35.5. The predicted octanol–water partition coefficient (Wildman–Crippen LogP) is 1.66. The first-order chi connectivity index (χ1) is 10.3. The molecule has 2 heterocycles. The van der Waals surface area contributed by atoms with Crippen LogP contribution in [0.15, 0.2) is 35.6 Å².